The van der Waals surface area contributed by atoms with Crippen LogP contribution in [0.5, 0.6) is 17.2 Å². The Morgan fingerprint density at radius 1 is 1.09 bits per heavy atom. The predicted molar refractivity (Wildman–Crippen MR) is 130 cm³/mol. The molecule has 1 unspecified atom stereocenters. The zero-order chi connectivity index (χ0) is 25.0. The van der Waals surface area contributed by atoms with E-state index in [1.807, 2.05) is 25.9 Å². The fraction of sp³-hybridized carbons (Fsp3) is 0.360. The van der Waals surface area contributed by atoms with Crippen LogP contribution >= 0.6 is 11.6 Å². The molecule has 2 aromatic carbocycles. The lowest BCUT2D eigenvalue weighted by Gasteiger charge is -2.28. The van der Waals surface area contributed by atoms with Crippen molar-refractivity contribution in [2.24, 2.45) is 0 Å². The number of amides is 1. The number of carbonyl (C=O) groups excluding carboxylic acids is 2. The van der Waals surface area contributed by atoms with Crippen molar-refractivity contribution in [1.82, 2.24) is 9.80 Å². The van der Waals surface area contributed by atoms with Gasteiger partial charge in [-0.3, -0.25) is 9.59 Å². The van der Waals surface area contributed by atoms with Gasteiger partial charge in [-0.25, -0.2) is 0 Å². The molecule has 1 fully saturated rings. The van der Waals surface area contributed by atoms with Crippen molar-refractivity contribution in [3.63, 3.8) is 0 Å². The highest BCUT2D eigenvalue weighted by Crippen LogP contribution is 2.44. The molecule has 0 aliphatic carbocycles. The summed E-state index contributed by atoms with van der Waals surface area (Å²) >= 11 is 6.31. The first-order valence-electron chi connectivity index (χ1n) is 10.8. The molecule has 1 amide bonds. The first kappa shape index (κ1) is 25.4. The van der Waals surface area contributed by atoms with Gasteiger partial charge in [-0.05, 0) is 57.4 Å². The van der Waals surface area contributed by atoms with Gasteiger partial charge in [0, 0.05) is 24.2 Å². The number of carbonyl (C=O) groups is 2. The summed E-state index contributed by atoms with van der Waals surface area (Å²) in [5, 5.41) is 11.5. The van der Waals surface area contributed by atoms with Gasteiger partial charge in [0.05, 0.1) is 37.5 Å². The van der Waals surface area contributed by atoms with Crippen LogP contribution in [0.4, 0.5) is 0 Å². The maximum absolute atomic E-state index is 13.2. The van der Waals surface area contributed by atoms with Crippen molar-refractivity contribution in [2.75, 3.05) is 48.0 Å². The highest BCUT2D eigenvalue weighted by Gasteiger charge is 2.47. The Morgan fingerprint density at radius 2 is 1.79 bits per heavy atom. The van der Waals surface area contributed by atoms with E-state index < -0.39 is 17.7 Å². The molecule has 3 rings (SSSR count). The molecular formula is C25H29ClN2O6. The molecule has 9 heteroatoms. The average molecular weight is 489 g/mol. The summed E-state index contributed by atoms with van der Waals surface area (Å²) in [4.78, 5) is 29.7. The van der Waals surface area contributed by atoms with Crippen LogP contribution in [0.1, 0.15) is 24.1 Å². The maximum atomic E-state index is 13.2. The predicted octanol–water partition coefficient (Wildman–Crippen LogP) is 3.74. The Kier molecular flexibility index (Phi) is 8.06. The standard InChI is InChI=1S/C25H29ClN2O6/c1-6-34-20-9-7-15(13-18(20)26)23(29)21-22(17-14-16(32-4)8-10-19(17)33-5)28(12-11-27(2)3)25(31)24(21)30/h7-10,13-14,22,29H,6,11-12H2,1-5H3/b23-21-. The normalized spacial score (nSPS) is 17.4. The van der Waals surface area contributed by atoms with Gasteiger partial charge in [-0.2, -0.15) is 0 Å². The van der Waals surface area contributed by atoms with Crippen LogP contribution in [-0.2, 0) is 9.59 Å². The first-order valence-corrected chi connectivity index (χ1v) is 11.2. The number of aliphatic hydroxyl groups excluding tert-OH is 1. The smallest absolute Gasteiger partial charge is 0.295 e. The largest absolute Gasteiger partial charge is 0.507 e. The van der Waals surface area contributed by atoms with E-state index in [1.165, 1.54) is 25.2 Å². The van der Waals surface area contributed by atoms with Gasteiger partial charge in [0.15, 0.2) is 0 Å². The minimum absolute atomic E-state index is 0.0458. The topological polar surface area (TPSA) is 88.5 Å². The Labute approximate surface area is 204 Å². The number of ketones is 1. The van der Waals surface area contributed by atoms with Crippen LogP contribution in [0.2, 0.25) is 5.02 Å². The van der Waals surface area contributed by atoms with E-state index in [2.05, 4.69) is 0 Å². The van der Waals surface area contributed by atoms with E-state index in [0.717, 1.165) is 0 Å². The zero-order valence-electron chi connectivity index (χ0n) is 19.9. The molecule has 1 N–H and O–H groups in total. The van der Waals surface area contributed by atoms with E-state index in [1.54, 1.807) is 30.3 Å². The fourth-order valence-corrected chi connectivity index (χ4v) is 4.11. The molecule has 0 spiro atoms. The Balaban J connectivity index is 2.22. The third-order valence-electron chi connectivity index (χ3n) is 5.56. The van der Waals surface area contributed by atoms with Crippen LogP contribution < -0.4 is 14.2 Å². The lowest BCUT2D eigenvalue weighted by Crippen LogP contribution is -2.35. The number of rotatable bonds is 9. The number of benzene rings is 2. The summed E-state index contributed by atoms with van der Waals surface area (Å²) in [7, 11) is 6.78. The number of nitrogens with zero attached hydrogens (tertiary/aromatic N) is 2. The first-order chi connectivity index (χ1) is 16.2. The molecule has 0 aromatic heterocycles. The van der Waals surface area contributed by atoms with Crippen LogP contribution in [-0.4, -0.2) is 74.6 Å². The van der Waals surface area contributed by atoms with Gasteiger partial charge in [0.25, 0.3) is 11.7 Å². The minimum atomic E-state index is -0.879. The molecule has 1 aliphatic heterocycles. The van der Waals surface area contributed by atoms with Crippen LogP contribution in [0.25, 0.3) is 5.76 Å². The molecule has 182 valence electrons. The molecule has 0 radical (unpaired) electrons. The maximum Gasteiger partial charge on any atom is 0.295 e. The highest BCUT2D eigenvalue weighted by atomic mass is 35.5. The van der Waals surface area contributed by atoms with Gasteiger partial charge in [-0.1, -0.05) is 11.6 Å². The SMILES string of the molecule is CCOc1ccc(/C(O)=C2/C(=O)C(=O)N(CCN(C)C)C2c2cc(OC)ccc2OC)cc1Cl. The third kappa shape index (κ3) is 4.98. The molecule has 2 aromatic rings. The van der Waals surface area contributed by atoms with Crippen molar-refractivity contribution in [2.45, 2.75) is 13.0 Å². The number of likely N-dealkylation sites (tertiary alicyclic amines) is 1. The summed E-state index contributed by atoms with van der Waals surface area (Å²) in [6.07, 6.45) is 0. The van der Waals surface area contributed by atoms with Gasteiger partial charge >= 0.3 is 0 Å². The van der Waals surface area contributed by atoms with Crippen molar-refractivity contribution in [1.29, 1.82) is 0 Å². The Bertz CT molecular complexity index is 1110. The number of hydrogen-bond donors (Lipinski definition) is 1. The Hall–Kier alpha value is -3.23. The molecule has 1 aliphatic rings. The fourth-order valence-electron chi connectivity index (χ4n) is 3.87. The molecule has 0 bridgehead atoms. The van der Waals surface area contributed by atoms with Crippen LogP contribution in [0.15, 0.2) is 42.0 Å². The summed E-state index contributed by atoms with van der Waals surface area (Å²) in [6, 6.07) is 8.97. The molecule has 1 atom stereocenters. The van der Waals surface area contributed by atoms with Crippen LogP contribution in [0.3, 0.4) is 0 Å². The molecule has 8 nitrogen and oxygen atoms in total. The third-order valence-corrected chi connectivity index (χ3v) is 5.86. The van der Waals surface area contributed by atoms with Gasteiger partial charge < -0.3 is 29.1 Å². The minimum Gasteiger partial charge on any atom is -0.507 e. The number of halogens is 1. The number of aliphatic hydroxyl groups is 1. The second-order valence-electron chi connectivity index (χ2n) is 7.98. The van der Waals surface area contributed by atoms with Gasteiger partial charge in [0.2, 0.25) is 0 Å². The van der Waals surface area contributed by atoms with E-state index in [-0.39, 0.29) is 22.9 Å². The number of hydrogen-bond acceptors (Lipinski definition) is 7. The number of likely N-dealkylation sites (N-methyl/N-ethyl adjacent to an activating group) is 1. The quantitative estimate of drug-likeness (QED) is 0.327. The zero-order valence-corrected chi connectivity index (χ0v) is 20.7. The second-order valence-corrected chi connectivity index (χ2v) is 8.39. The van der Waals surface area contributed by atoms with Crippen molar-refractivity contribution >= 4 is 29.1 Å². The monoisotopic (exact) mass is 488 g/mol. The molecule has 34 heavy (non-hydrogen) atoms. The van der Waals surface area contributed by atoms with E-state index in [4.69, 9.17) is 25.8 Å². The highest BCUT2D eigenvalue weighted by molar-refractivity contribution is 6.46. The number of methoxy groups -OCH3 is 2. The lowest BCUT2D eigenvalue weighted by molar-refractivity contribution is -0.140. The van der Waals surface area contributed by atoms with Crippen LogP contribution in [0, 0.1) is 0 Å². The summed E-state index contributed by atoms with van der Waals surface area (Å²) in [6.45, 7) is 3.05. The van der Waals surface area contributed by atoms with Crippen molar-refractivity contribution in [3.8, 4) is 17.2 Å². The number of Topliss-reactive ketones (excluding diaryl/α,β-unsaturated/α-hetero) is 1. The number of ether oxygens (including phenoxy) is 3. The van der Waals surface area contributed by atoms with Crippen molar-refractivity contribution < 1.29 is 28.9 Å². The molecule has 1 heterocycles. The summed E-state index contributed by atoms with van der Waals surface area (Å²) < 4.78 is 16.4. The van der Waals surface area contributed by atoms with Gasteiger partial charge in [0.1, 0.15) is 23.0 Å². The average Bonchev–Trinajstić information content (AvgIpc) is 3.07. The van der Waals surface area contributed by atoms with E-state index in [0.29, 0.717) is 41.5 Å². The van der Waals surface area contributed by atoms with Crippen molar-refractivity contribution in [3.05, 3.63) is 58.1 Å². The summed E-state index contributed by atoms with van der Waals surface area (Å²) in [5.74, 6) is -0.369. The van der Waals surface area contributed by atoms with Gasteiger partial charge in [-0.15, -0.1) is 0 Å². The molecular weight excluding hydrogens is 460 g/mol. The molecule has 0 saturated carbocycles. The van der Waals surface area contributed by atoms with E-state index in [9.17, 15) is 14.7 Å². The lowest BCUT2D eigenvalue weighted by atomic mass is 9.94. The Morgan fingerprint density at radius 3 is 2.38 bits per heavy atom. The van der Waals surface area contributed by atoms with E-state index >= 15 is 0 Å². The second kappa shape index (κ2) is 10.8. The summed E-state index contributed by atoms with van der Waals surface area (Å²) in [5.41, 5.74) is 0.778. The molecule has 1 saturated heterocycles.